The first-order valence-corrected chi connectivity index (χ1v) is 12.4. The summed E-state index contributed by atoms with van der Waals surface area (Å²) in [6, 6.07) is 10.7. The quantitative estimate of drug-likeness (QED) is 0.695. The van der Waals surface area contributed by atoms with Crippen LogP contribution in [0.1, 0.15) is 36.1 Å². The Morgan fingerprint density at radius 3 is 2.89 bits per heavy atom. The van der Waals surface area contributed by atoms with Crippen LogP contribution in [0.15, 0.2) is 41.3 Å². The molecule has 5 nitrogen and oxygen atoms in total. The number of benzene rings is 1. The van der Waals surface area contributed by atoms with E-state index in [1.54, 1.807) is 39.9 Å². The Kier molecular flexibility index (Phi) is 6.35. The number of fused-ring (bicyclic) bond motifs is 1. The van der Waals surface area contributed by atoms with E-state index in [2.05, 4.69) is 5.32 Å². The normalized spacial score (nSPS) is 20.6. The number of nitrogens with zero attached hydrogens (tertiary/aromatic N) is 1. The molecule has 1 atom stereocenters. The molecule has 2 aliphatic heterocycles. The number of nitrogens with one attached hydrogen (secondary N) is 1. The van der Waals surface area contributed by atoms with Gasteiger partial charge in [-0.15, -0.1) is 11.3 Å². The Hall–Kier alpha value is -1.41. The standard InChI is InChI=1S/C21H28N2O3S2/c24-28(25,19-8-2-1-3-9-19)23-12-10-20-18(16-23)14-21(27-20)26-13-5-7-17-6-4-11-22-15-17/h1-3,8-9,14,17,22H,4-7,10-13,15-16H2. The first-order valence-electron chi connectivity index (χ1n) is 10.1. The highest BCUT2D eigenvalue weighted by atomic mass is 32.2. The number of ether oxygens (including phenoxy) is 1. The molecule has 1 saturated heterocycles. The van der Waals surface area contributed by atoms with Gasteiger partial charge in [0.15, 0.2) is 5.06 Å². The maximum Gasteiger partial charge on any atom is 0.243 e. The largest absolute Gasteiger partial charge is 0.484 e. The van der Waals surface area contributed by atoms with Crippen molar-refractivity contribution in [2.24, 2.45) is 5.92 Å². The summed E-state index contributed by atoms with van der Waals surface area (Å²) < 4.78 is 33.3. The van der Waals surface area contributed by atoms with Gasteiger partial charge in [0.05, 0.1) is 11.5 Å². The summed E-state index contributed by atoms with van der Waals surface area (Å²) in [6.07, 6.45) is 5.64. The van der Waals surface area contributed by atoms with Crippen LogP contribution < -0.4 is 10.1 Å². The van der Waals surface area contributed by atoms with Crippen molar-refractivity contribution >= 4 is 21.4 Å². The van der Waals surface area contributed by atoms with Crippen molar-refractivity contribution in [3.63, 3.8) is 0 Å². The average Bonchev–Trinajstić information content (AvgIpc) is 3.15. The van der Waals surface area contributed by atoms with Crippen LogP contribution in [0.2, 0.25) is 0 Å². The number of piperidine rings is 1. The molecule has 2 aliphatic rings. The second-order valence-electron chi connectivity index (χ2n) is 7.62. The Bertz CT molecular complexity index is 874. The van der Waals surface area contributed by atoms with Gasteiger partial charge in [-0.05, 0) is 74.9 Å². The van der Waals surface area contributed by atoms with Gasteiger partial charge in [0.25, 0.3) is 0 Å². The maximum atomic E-state index is 12.9. The van der Waals surface area contributed by atoms with Gasteiger partial charge in [0.2, 0.25) is 10.0 Å². The predicted molar refractivity (Wildman–Crippen MR) is 112 cm³/mol. The highest BCUT2D eigenvalue weighted by Crippen LogP contribution is 2.35. The van der Waals surface area contributed by atoms with E-state index in [9.17, 15) is 8.42 Å². The first kappa shape index (κ1) is 19.9. The number of hydrogen-bond donors (Lipinski definition) is 1. The molecule has 3 heterocycles. The number of thiophene rings is 1. The van der Waals surface area contributed by atoms with Crippen molar-refractivity contribution in [3.05, 3.63) is 46.8 Å². The van der Waals surface area contributed by atoms with Crippen LogP contribution in [0, 0.1) is 5.92 Å². The fourth-order valence-corrected chi connectivity index (χ4v) is 6.49. The molecule has 0 radical (unpaired) electrons. The van der Waals surface area contributed by atoms with Crippen LogP contribution in [0.25, 0.3) is 0 Å². The van der Waals surface area contributed by atoms with E-state index >= 15 is 0 Å². The molecule has 0 aliphatic carbocycles. The summed E-state index contributed by atoms with van der Waals surface area (Å²) in [6.45, 7) is 3.99. The fourth-order valence-electron chi connectivity index (χ4n) is 4.01. The molecule has 0 amide bonds. The zero-order valence-electron chi connectivity index (χ0n) is 16.1. The van der Waals surface area contributed by atoms with Gasteiger partial charge in [-0.1, -0.05) is 18.2 Å². The molecular weight excluding hydrogens is 392 g/mol. The maximum absolute atomic E-state index is 12.9. The summed E-state index contributed by atoms with van der Waals surface area (Å²) in [4.78, 5) is 1.62. The summed E-state index contributed by atoms with van der Waals surface area (Å²) in [7, 11) is -3.44. The molecule has 1 aromatic heterocycles. The van der Waals surface area contributed by atoms with Crippen molar-refractivity contribution in [2.75, 3.05) is 26.2 Å². The molecule has 2 aromatic rings. The topological polar surface area (TPSA) is 58.6 Å². The molecule has 0 spiro atoms. The van der Waals surface area contributed by atoms with Crippen LogP contribution in [0.3, 0.4) is 0 Å². The van der Waals surface area contributed by atoms with Crippen molar-refractivity contribution in [1.29, 1.82) is 0 Å². The summed E-state index contributed by atoms with van der Waals surface area (Å²) >= 11 is 1.67. The zero-order valence-corrected chi connectivity index (χ0v) is 17.7. The summed E-state index contributed by atoms with van der Waals surface area (Å²) in [5.74, 6) is 0.783. The van der Waals surface area contributed by atoms with Gasteiger partial charge < -0.3 is 10.1 Å². The van der Waals surface area contributed by atoms with E-state index in [0.29, 0.717) is 18.0 Å². The van der Waals surface area contributed by atoms with Gasteiger partial charge in [-0.2, -0.15) is 4.31 Å². The monoisotopic (exact) mass is 420 g/mol. The lowest BCUT2D eigenvalue weighted by molar-refractivity contribution is 0.280. The average molecular weight is 421 g/mol. The molecule has 28 heavy (non-hydrogen) atoms. The highest BCUT2D eigenvalue weighted by molar-refractivity contribution is 7.89. The molecule has 1 N–H and O–H groups in total. The third-order valence-electron chi connectivity index (χ3n) is 5.59. The highest BCUT2D eigenvalue weighted by Gasteiger charge is 2.29. The van der Waals surface area contributed by atoms with Crippen LogP contribution >= 0.6 is 11.3 Å². The Labute approximate surface area is 171 Å². The van der Waals surface area contributed by atoms with Crippen molar-refractivity contribution < 1.29 is 13.2 Å². The number of sulfonamides is 1. The smallest absolute Gasteiger partial charge is 0.243 e. The van der Waals surface area contributed by atoms with E-state index < -0.39 is 10.0 Å². The van der Waals surface area contributed by atoms with E-state index in [1.165, 1.54) is 24.1 Å². The molecular formula is C21H28N2O3S2. The lowest BCUT2D eigenvalue weighted by atomic mass is 9.95. The Morgan fingerprint density at radius 1 is 1.25 bits per heavy atom. The molecule has 152 valence electrons. The van der Waals surface area contributed by atoms with Crippen LogP contribution in [-0.2, 0) is 23.0 Å². The van der Waals surface area contributed by atoms with Crippen LogP contribution in [0.5, 0.6) is 5.06 Å². The van der Waals surface area contributed by atoms with Gasteiger partial charge in [-0.3, -0.25) is 0 Å². The molecule has 1 unspecified atom stereocenters. The zero-order chi connectivity index (χ0) is 19.4. The molecule has 4 rings (SSSR count). The third kappa shape index (κ3) is 4.59. The number of rotatable bonds is 7. The van der Waals surface area contributed by atoms with Gasteiger partial charge in [0.1, 0.15) is 0 Å². The minimum Gasteiger partial charge on any atom is -0.484 e. The van der Waals surface area contributed by atoms with Gasteiger partial charge in [0, 0.05) is 18.0 Å². The predicted octanol–water partition coefficient (Wildman–Crippen LogP) is 3.65. The van der Waals surface area contributed by atoms with Crippen LogP contribution in [0.4, 0.5) is 0 Å². The molecule has 7 heteroatoms. The second kappa shape index (κ2) is 8.95. The first-order chi connectivity index (χ1) is 13.6. The minimum absolute atomic E-state index is 0.363. The molecule has 0 saturated carbocycles. The summed E-state index contributed by atoms with van der Waals surface area (Å²) in [5.41, 5.74) is 1.09. The molecule has 1 fully saturated rings. The lowest BCUT2D eigenvalue weighted by Crippen LogP contribution is -2.35. The Morgan fingerprint density at radius 2 is 2.11 bits per heavy atom. The van der Waals surface area contributed by atoms with E-state index in [0.717, 1.165) is 49.1 Å². The number of hydrogen-bond acceptors (Lipinski definition) is 5. The van der Waals surface area contributed by atoms with E-state index in [4.69, 9.17) is 4.74 Å². The van der Waals surface area contributed by atoms with Gasteiger partial charge >= 0.3 is 0 Å². The fraction of sp³-hybridized carbons (Fsp3) is 0.524. The van der Waals surface area contributed by atoms with Crippen LogP contribution in [-0.4, -0.2) is 39.0 Å². The molecule has 0 bridgehead atoms. The van der Waals surface area contributed by atoms with Gasteiger partial charge in [-0.25, -0.2) is 8.42 Å². The summed E-state index contributed by atoms with van der Waals surface area (Å²) in [5, 5.41) is 4.38. The van der Waals surface area contributed by atoms with Crippen molar-refractivity contribution in [1.82, 2.24) is 9.62 Å². The van der Waals surface area contributed by atoms with Crippen molar-refractivity contribution in [2.45, 2.75) is 43.5 Å². The Balaban J connectivity index is 1.32. The third-order valence-corrected chi connectivity index (χ3v) is 8.60. The lowest BCUT2D eigenvalue weighted by Gasteiger charge is -2.26. The minimum atomic E-state index is -3.44. The second-order valence-corrected chi connectivity index (χ2v) is 10.7. The van der Waals surface area contributed by atoms with Crippen molar-refractivity contribution in [3.8, 4) is 5.06 Å². The SMILES string of the molecule is O=S(=O)(c1ccccc1)N1CCc2sc(OCCCC3CCCNC3)cc2C1. The van der Waals surface area contributed by atoms with E-state index in [1.807, 2.05) is 12.1 Å². The molecule has 1 aromatic carbocycles. The van der Waals surface area contributed by atoms with E-state index in [-0.39, 0.29) is 0 Å².